The summed E-state index contributed by atoms with van der Waals surface area (Å²) in [6.07, 6.45) is 5.11. The molecule has 1 aliphatic heterocycles. The highest BCUT2D eigenvalue weighted by Crippen LogP contribution is 2.25. The SMILES string of the molecule is O=C(c1cc2ccccc2o1)N1CCCC1Cn1nc(-c2cccnc2)ccc1=O. The topological polar surface area (TPSA) is 81.2 Å². The zero-order valence-electron chi connectivity index (χ0n) is 16.3. The molecular formula is C23H20N4O3. The molecule has 1 atom stereocenters. The van der Waals surface area contributed by atoms with Crippen LogP contribution < -0.4 is 5.56 Å². The Bertz CT molecular complexity index is 1230. The third-order valence-electron chi connectivity index (χ3n) is 5.48. The van der Waals surface area contributed by atoms with E-state index >= 15 is 0 Å². The molecule has 0 aliphatic carbocycles. The van der Waals surface area contributed by atoms with Crippen molar-refractivity contribution < 1.29 is 9.21 Å². The van der Waals surface area contributed by atoms with Gasteiger partial charge in [-0.15, -0.1) is 0 Å². The summed E-state index contributed by atoms with van der Waals surface area (Å²) in [5.74, 6) is 0.178. The summed E-state index contributed by atoms with van der Waals surface area (Å²) in [6.45, 7) is 0.983. The number of carbonyl (C=O) groups excluding carboxylic acids is 1. The van der Waals surface area contributed by atoms with Crippen LogP contribution >= 0.6 is 0 Å². The normalized spacial score (nSPS) is 16.3. The summed E-state index contributed by atoms with van der Waals surface area (Å²) >= 11 is 0. The van der Waals surface area contributed by atoms with Crippen LogP contribution in [0.1, 0.15) is 23.4 Å². The molecule has 150 valence electrons. The second-order valence-corrected chi connectivity index (χ2v) is 7.42. The molecule has 0 saturated carbocycles. The molecule has 4 aromatic rings. The van der Waals surface area contributed by atoms with E-state index in [2.05, 4.69) is 10.1 Å². The molecule has 1 saturated heterocycles. The highest BCUT2D eigenvalue weighted by Gasteiger charge is 2.32. The largest absolute Gasteiger partial charge is 0.451 e. The van der Waals surface area contributed by atoms with E-state index in [1.54, 1.807) is 29.4 Å². The highest BCUT2D eigenvalue weighted by atomic mass is 16.3. The first-order valence-corrected chi connectivity index (χ1v) is 9.97. The quantitative estimate of drug-likeness (QED) is 0.525. The molecule has 1 aromatic carbocycles. The van der Waals surface area contributed by atoms with Gasteiger partial charge in [0, 0.05) is 36.0 Å². The summed E-state index contributed by atoms with van der Waals surface area (Å²) in [4.78, 5) is 31.4. The number of benzene rings is 1. The molecule has 0 N–H and O–H groups in total. The average Bonchev–Trinajstić information content (AvgIpc) is 3.42. The number of hydrogen-bond donors (Lipinski definition) is 0. The fraction of sp³-hybridized carbons (Fsp3) is 0.217. The van der Waals surface area contributed by atoms with Gasteiger partial charge in [-0.1, -0.05) is 18.2 Å². The fourth-order valence-electron chi connectivity index (χ4n) is 3.97. The maximum Gasteiger partial charge on any atom is 0.289 e. The van der Waals surface area contributed by atoms with Gasteiger partial charge in [0.25, 0.3) is 11.5 Å². The Kier molecular flexibility index (Phi) is 4.63. The highest BCUT2D eigenvalue weighted by molar-refractivity contribution is 5.96. The number of aromatic nitrogens is 3. The predicted octanol–water partition coefficient (Wildman–Crippen LogP) is 3.36. The third kappa shape index (κ3) is 3.39. The summed E-state index contributed by atoms with van der Waals surface area (Å²) in [7, 11) is 0. The lowest BCUT2D eigenvalue weighted by molar-refractivity contribution is 0.0690. The van der Waals surface area contributed by atoms with Crippen molar-refractivity contribution in [2.45, 2.75) is 25.4 Å². The van der Waals surface area contributed by atoms with Crippen LogP contribution in [0.3, 0.4) is 0 Å². The number of hydrogen-bond acceptors (Lipinski definition) is 5. The first-order chi connectivity index (χ1) is 14.7. The summed E-state index contributed by atoms with van der Waals surface area (Å²) < 4.78 is 7.20. The standard InChI is InChI=1S/C23H20N4O3/c28-22-10-9-19(17-6-3-11-24-14-17)25-27(22)15-18-7-4-12-26(18)23(29)21-13-16-5-1-2-8-20(16)30-21/h1-3,5-6,8-11,13-14,18H,4,7,12,15H2. The van der Waals surface area contributed by atoms with Gasteiger partial charge in [0.05, 0.1) is 18.3 Å². The van der Waals surface area contributed by atoms with E-state index in [1.807, 2.05) is 36.4 Å². The van der Waals surface area contributed by atoms with Crippen molar-refractivity contribution in [2.75, 3.05) is 6.54 Å². The van der Waals surface area contributed by atoms with Crippen LogP contribution in [0.2, 0.25) is 0 Å². The molecule has 30 heavy (non-hydrogen) atoms. The van der Waals surface area contributed by atoms with Crippen molar-refractivity contribution in [3.8, 4) is 11.3 Å². The van der Waals surface area contributed by atoms with Gasteiger partial charge in [0.2, 0.25) is 0 Å². The molecule has 1 fully saturated rings. The number of furan rings is 1. The number of fused-ring (bicyclic) bond motifs is 1. The van der Waals surface area contributed by atoms with Crippen LogP contribution in [-0.4, -0.2) is 38.2 Å². The maximum absolute atomic E-state index is 13.1. The van der Waals surface area contributed by atoms with Crippen LogP contribution in [-0.2, 0) is 6.54 Å². The smallest absolute Gasteiger partial charge is 0.289 e. The van der Waals surface area contributed by atoms with Crippen LogP contribution in [0, 0.1) is 0 Å². The predicted molar refractivity (Wildman–Crippen MR) is 112 cm³/mol. The summed E-state index contributed by atoms with van der Waals surface area (Å²) in [5, 5.41) is 5.41. The average molecular weight is 400 g/mol. The van der Waals surface area contributed by atoms with Gasteiger partial charge in [-0.05, 0) is 43.2 Å². The number of pyridine rings is 1. The molecule has 4 heterocycles. The Morgan fingerprint density at radius 3 is 2.87 bits per heavy atom. The molecule has 1 aliphatic rings. The molecule has 1 amide bonds. The van der Waals surface area contributed by atoms with Crippen molar-refractivity contribution in [1.82, 2.24) is 19.7 Å². The molecule has 3 aromatic heterocycles. The van der Waals surface area contributed by atoms with Gasteiger partial charge in [-0.3, -0.25) is 14.6 Å². The van der Waals surface area contributed by atoms with Crippen molar-refractivity contribution in [3.63, 3.8) is 0 Å². The monoisotopic (exact) mass is 400 g/mol. The van der Waals surface area contributed by atoms with Crippen LogP contribution in [0.4, 0.5) is 0 Å². The van der Waals surface area contributed by atoms with E-state index in [9.17, 15) is 9.59 Å². The van der Waals surface area contributed by atoms with E-state index in [1.165, 1.54) is 10.7 Å². The second-order valence-electron chi connectivity index (χ2n) is 7.42. The number of carbonyl (C=O) groups is 1. The molecule has 0 spiro atoms. The Hall–Kier alpha value is -3.74. The lowest BCUT2D eigenvalue weighted by Crippen LogP contribution is -2.40. The molecule has 0 bridgehead atoms. The summed E-state index contributed by atoms with van der Waals surface area (Å²) in [6, 6.07) is 16.2. The van der Waals surface area contributed by atoms with E-state index in [0.717, 1.165) is 23.8 Å². The van der Waals surface area contributed by atoms with Gasteiger partial charge in [0.15, 0.2) is 5.76 Å². The first-order valence-electron chi connectivity index (χ1n) is 9.97. The minimum atomic E-state index is -0.189. The van der Waals surface area contributed by atoms with Gasteiger partial charge in [-0.25, -0.2) is 4.68 Å². The number of nitrogens with zero attached hydrogens (tertiary/aromatic N) is 4. The van der Waals surface area contributed by atoms with Crippen molar-refractivity contribution in [2.24, 2.45) is 0 Å². The molecular weight excluding hydrogens is 380 g/mol. The Labute approximate surface area is 172 Å². The molecule has 0 radical (unpaired) electrons. The number of likely N-dealkylation sites (tertiary alicyclic amines) is 1. The van der Waals surface area contributed by atoms with Crippen LogP contribution in [0.5, 0.6) is 0 Å². The van der Waals surface area contributed by atoms with Crippen LogP contribution in [0.25, 0.3) is 22.2 Å². The van der Waals surface area contributed by atoms with Crippen molar-refractivity contribution in [1.29, 1.82) is 0 Å². The molecule has 7 heteroatoms. The van der Waals surface area contributed by atoms with Crippen molar-refractivity contribution in [3.05, 3.63) is 83.1 Å². The number of para-hydroxylation sites is 1. The zero-order chi connectivity index (χ0) is 20.5. The minimum Gasteiger partial charge on any atom is -0.451 e. The van der Waals surface area contributed by atoms with Crippen LogP contribution in [0.15, 0.2) is 76.2 Å². The van der Waals surface area contributed by atoms with E-state index in [0.29, 0.717) is 30.1 Å². The number of amides is 1. The molecule has 5 rings (SSSR count). The van der Waals surface area contributed by atoms with Gasteiger partial charge >= 0.3 is 0 Å². The first kappa shape index (κ1) is 18.3. The maximum atomic E-state index is 13.1. The van der Waals surface area contributed by atoms with E-state index in [-0.39, 0.29) is 17.5 Å². The van der Waals surface area contributed by atoms with Crippen molar-refractivity contribution >= 4 is 16.9 Å². The van der Waals surface area contributed by atoms with E-state index in [4.69, 9.17) is 4.42 Å². The van der Waals surface area contributed by atoms with E-state index < -0.39 is 0 Å². The molecule has 1 unspecified atom stereocenters. The third-order valence-corrected chi connectivity index (χ3v) is 5.48. The molecule has 7 nitrogen and oxygen atoms in total. The Balaban J connectivity index is 1.40. The fourth-order valence-corrected chi connectivity index (χ4v) is 3.97. The van der Waals surface area contributed by atoms with Gasteiger partial charge in [-0.2, -0.15) is 5.10 Å². The lowest BCUT2D eigenvalue weighted by atomic mass is 10.2. The zero-order valence-corrected chi connectivity index (χ0v) is 16.3. The van der Waals surface area contributed by atoms with Gasteiger partial charge in [0.1, 0.15) is 5.58 Å². The van der Waals surface area contributed by atoms with Gasteiger partial charge < -0.3 is 9.32 Å². The second kappa shape index (κ2) is 7.59. The summed E-state index contributed by atoms with van der Waals surface area (Å²) in [5.41, 5.74) is 2.02. The Morgan fingerprint density at radius 2 is 2.03 bits per heavy atom. The lowest BCUT2D eigenvalue weighted by Gasteiger charge is -2.24. The Morgan fingerprint density at radius 1 is 1.13 bits per heavy atom. The number of rotatable bonds is 4. The minimum absolute atomic E-state index is 0.111.